The summed E-state index contributed by atoms with van der Waals surface area (Å²) in [6.45, 7) is 2.46. The van der Waals surface area contributed by atoms with E-state index in [0.717, 1.165) is 11.6 Å². The Morgan fingerprint density at radius 1 is 0.971 bits per heavy atom. The zero-order chi connectivity index (χ0) is 24.3. The highest BCUT2D eigenvalue weighted by molar-refractivity contribution is 6.30. The summed E-state index contributed by atoms with van der Waals surface area (Å²) in [6.07, 6.45) is -5.88. The highest BCUT2D eigenvalue weighted by atomic mass is 35.5. The normalized spacial score (nSPS) is 16.0. The van der Waals surface area contributed by atoms with Crippen LogP contribution in [0.3, 0.4) is 0 Å². The predicted molar refractivity (Wildman–Crippen MR) is 125 cm³/mol. The van der Waals surface area contributed by atoms with Crippen LogP contribution >= 0.6 is 11.6 Å². The van der Waals surface area contributed by atoms with Gasteiger partial charge in [-0.1, -0.05) is 72.3 Å². The molecule has 0 spiro atoms. The van der Waals surface area contributed by atoms with Gasteiger partial charge in [0.25, 0.3) is 0 Å². The van der Waals surface area contributed by atoms with E-state index in [1.807, 2.05) is 37.3 Å². The van der Waals surface area contributed by atoms with Crippen molar-refractivity contribution in [3.8, 4) is 0 Å². The molecule has 1 fully saturated rings. The van der Waals surface area contributed by atoms with Crippen LogP contribution in [-0.2, 0) is 10.9 Å². The van der Waals surface area contributed by atoms with Gasteiger partial charge in [0.15, 0.2) is 0 Å². The lowest BCUT2D eigenvalue weighted by atomic mass is 9.95. The number of halogens is 4. The van der Waals surface area contributed by atoms with Crippen LogP contribution in [0.25, 0.3) is 0 Å². The Kier molecular flexibility index (Phi) is 7.14. The van der Waals surface area contributed by atoms with Gasteiger partial charge in [-0.3, -0.25) is 0 Å². The molecule has 0 saturated carbocycles. The van der Waals surface area contributed by atoms with Gasteiger partial charge < -0.3 is 15.0 Å². The summed E-state index contributed by atoms with van der Waals surface area (Å²) in [5.41, 5.74) is 0.816. The van der Waals surface area contributed by atoms with Crippen LogP contribution in [0, 0.1) is 0 Å². The van der Waals surface area contributed by atoms with E-state index in [9.17, 15) is 18.0 Å². The fourth-order valence-corrected chi connectivity index (χ4v) is 4.06. The summed E-state index contributed by atoms with van der Waals surface area (Å²) >= 11 is 5.98. The van der Waals surface area contributed by atoms with Crippen LogP contribution in [0.5, 0.6) is 0 Å². The highest BCUT2D eigenvalue weighted by Crippen LogP contribution is 2.39. The van der Waals surface area contributed by atoms with E-state index < -0.39 is 23.9 Å². The fourth-order valence-electron chi connectivity index (χ4n) is 3.94. The van der Waals surface area contributed by atoms with Gasteiger partial charge in [-0.05, 0) is 41.8 Å². The molecule has 3 aromatic rings. The lowest BCUT2D eigenvalue weighted by Crippen LogP contribution is -2.58. The Morgan fingerprint density at radius 3 is 2.24 bits per heavy atom. The number of benzene rings is 3. The van der Waals surface area contributed by atoms with Gasteiger partial charge in [0.2, 0.25) is 0 Å². The van der Waals surface area contributed by atoms with Gasteiger partial charge in [0.05, 0.1) is 30.8 Å². The van der Waals surface area contributed by atoms with Gasteiger partial charge in [0, 0.05) is 5.02 Å². The maximum atomic E-state index is 13.7. The minimum absolute atomic E-state index is 0.0259. The SMILES string of the molecule is C[C@H](NC(=O)N1CC(OC(c2ccc(Cl)cc2)c2ccccc2C(F)(F)F)C1)c1ccccc1. The van der Waals surface area contributed by atoms with E-state index in [1.54, 1.807) is 35.2 Å². The number of carbonyl (C=O) groups is 1. The quantitative estimate of drug-likeness (QED) is 0.423. The summed E-state index contributed by atoms with van der Waals surface area (Å²) < 4.78 is 47.3. The molecule has 1 heterocycles. The molecule has 1 aliphatic rings. The van der Waals surface area contributed by atoms with Crippen molar-refractivity contribution in [1.29, 1.82) is 0 Å². The minimum Gasteiger partial charge on any atom is -0.362 e. The third-order valence-electron chi connectivity index (χ3n) is 5.82. The van der Waals surface area contributed by atoms with Gasteiger partial charge in [0.1, 0.15) is 6.10 Å². The maximum absolute atomic E-state index is 13.7. The Balaban J connectivity index is 1.47. The summed E-state index contributed by atoms with van der Waals surface area (Å²) in [7, 11) is 0. The van der Waals surface area contributed by atoms with Gasteiger partial charge in [-0.15, -0.1) is 0 Å². The van der Waals surface area contributed by atoms with Crippen molar-refractivity contribution in [3.63, 3.8) is 0 Å². The van der Waals surface area contributed by atoms with E-state index in [-0.39, 0.29) is 30.7 Å². The molecule has 2 amide bonds. The van der Waals surface area contributed by atoms with E-state index >= 15 is 0 Å². The summed E-state index contributed by atoms with van der Waals surface area (Å²) in [6, 6.07) is 21.1. The number of hydrogen-bond donors (Lipinski definition) is 1. The molecule has 2 atom stereocenters. The second-order valence-corrected chi connectivity index (χ2v) is 8.70. The Hall–Kier alpha value is -3.03. The van der Waals surface area contributed by atoms with Crippen molar-refractivity contribution >= 4 is 17.6 Å². The summed E-state index contributed by atoms with van der Waals surface area (Å²) in [5.74, 6) is 0. The average Bonchev–Trinajstić information content (AvgIpc) is 2.79. The van der Waals surface area contributed by atoms with E-state index in [4.69, 9.17) is 16.3 Å². The number of alkyl halides is 3. The van der Waals surface area contributed by atoms with Gasteiger partial charge in [-0.2, -0.15) is 13.2 Å². The molecule has 178 valence electrons. The molecule has 1 unspecified atom stereocenters. The lowest BCUT2D eigenvalue weighted by molar-refractivity contribution is -0.140. The van der Waals surface area contributed by atoms with E-state index in [0.29, 0.717) is 10.6 Å². The monoisotopic (exact) mass is 488 g/mol. The number of likely N-dealkylation sites (tertiary alicyclic amines) is 1. The van der Waals surface area contributed by atoms with Crippen LogP contribution in [0.2, 0.25) is 5.02 Å². The molecule has 0 radical (unpaired) electrons. The first-order chi connectivity index (χ1) is 16.2. The van der Waals surface area contributed by atoms with Crippen LogP contribution in [0.15, 0.2) is 78.9 Å². The first-order valence-corrected chi connectivity index (χ1v) is 11.3. The third kappa shape index (κ3) is 5.54. The highest BCUT2D eigenvalue weighted by Gasteiger charge is 2.39. The molecule has 34 heavy (non-hydrogen) atoms. The van der Waals surface area contributed by atoms with Crippen molar-refractivity contribution < 1.29 is 22.7 Å². The molecular formula is C26H24ClF3N2O2. The lowest BCUT2D eigenvalue weighted by Gasteiger charge is -2.41. The smallest absolute Gasteiger partial charge is 0.362 e. The Morgan fingerprint density at radius 2 is 1.59 bits per heavy atom. The molecule has 3 aromatic carbocycles. The number of rotatable bonds is 6. The summed E-state index contributed by atoms with van der Waals surface area (Å²) in [5, 5.41) is 3.42. The topological polar surface area (TPSA) is 41.6 Å². The molecule has 4 nitrogen and oxygen atoms in total. The zero-order valence-corrected chi connectivity index (χ0v) is 19.2. The van der Waals surface area contributed by atoms with Crippen molar-refractivity contribution in [1.82, 2.24) is 10.2 Å². The maximum Gasteiger partial charge on any atom is 0.416 e. The fraction of sp³-hybridized carbons (Fsp3) is 0.269. The van der Waals surface area contributed by atoms with Gasteiger partial charge in [-0.25, -0.2) is 4.79 Å². The van der Waals surface area contributed by atoms with Crippen LogP contribution in [0.1, 0.15) is 41.3 Å². The molecule has 1 N–H and O–H groups in total. The van der Waals surface area contributed by atoms with Crippen LogP contribution in [0.4, 0.5) is 18.0 Å². The first kappa shape index (κ1) is 24.1. The number of nitrogens with one attached hydrogen (secondary N) is 1. The largest absolute Gasteiger partial charge is 0.416 e. The number of ether oxygens (including phenoxy) is 1. The number of amides is 2. The Labute approximate surface area is 201 Å². The van der Waals surface area contributed by atoms with Crippen molar-refractivity contribution in [2.24, 2.45) is 0 Å². The molecule has 1 saturated heterocycles. The number of urea groups is 1. The second-order valence-electron chi connectivity index (χ2n) is 8.26. The second kappa shape index (κ2) is 10.1. The molecule has 1 aliphatic heterocycles. The zero-order valence-electron chi connectivity index (χ0n) is 18.4. The van der Waals surface area contributed by atoms with Crippen molar-refractivity contribution in [2.75, 3.05) is 13.1 Å². The van der Waals surface area contributed by atoms with Gasteiger partial charge >= 0.3 is 12.2 Å². The van der Waals surface area contributed by atoms with E-state index in [2.05, 4.69) is 5.32 Å². The molecule has 4 rings (SSSR count). The third-order valence-corrected chi connectivity index (χ3v) is 6.08. The predicted octanol–water partition coefficient (Wildman–Crippen LogP) is 6.62. The standard InChI is InChI=1S/C26H24ClF3N2O2/c1-17(18-7-3-2-4-8-18)31-25(33)32-15-21(16-32)34-24(19-11-13-20(27)14-12-19)22-9-5-6-10-23(22)26(28,29)30/h2-14,17,21,24H,15-16H2,1H3,(H,31,33)/t17-,24?/m0/s1. The Bertz CT molecular complexity index is 1120. The van der Waals surface area contributed by atoms with Crippen LogP contribution < -0.4 is 5.32 Å². The molecule has 8 heteroatoms. The minimum atomic E-state index is -4.52. The molecule has 0 aliphatic carbocycles. The van der Waals surface area contributed by atoms with E-state index in [1.165, 1.54) is 12.1 Å². The number of nitrogens with zero attached hydrogens (tertiary/aromatic N) is 1. The van der Waals surface area contributed by atoms with Crippen LogP contribution in [-0.4, -0.2) is 30.1 Å². The van der Waals surface area contributed by atoms with Crippen molar-refractivity contribution in [2.45, 2.75) is 31.3 Å². The molecule has 0 bridgehead atoms. The van der Waals surface area contributed by atoms with Crippen molar-refractivity contribution in [3.05, 3.63) is 106 Å². The molecule has 0 aromatic heterocycles. The number of carbonyl (C=O) groups excluding carboxylic acids is 1. The summed E-state index contributed by atoms with van der Waals surface area (Å²) in [4.78, 5) is 14.2. The first-order valence-electron chi connectivity index (χ1n) is 10.9. The average molecular weight is 489 g/mol. The molecular weight excluding hydrogens is 465 g/mol. The number of hydrogen-bond acceptors (Lipinski definition) is 2.